The Labute approximate surface area is 165 Å². The number of aromatic hydroxyl groups is 1. The maximum atomic E-state index is 10.4. The van der Waals surface area contributed by atoms with Crippen molar-refractivity contribution >= 4 is 0 Å². The van der Waals surface area contributed by atoms with Crippen LogP contribution in [-0.2, 0) is 19.4 Å². The van der Waals surface area contributed by atoms with Crippen LogP contribution < -0.4 is 18.9 Å². The van der Waals surface area contributed by atoms with Crippen LogP contribution in [0.4, 0.5) is 0 Å². The molecular weight excluding hydrogens is 358 g/mol. The predicted octanol–water partition coefficient (Wildman–Crippen LogP) is 3.47. The first kappa shape index (κ1) is 18.7. The normalized spacial score (nSPS) is 20.6. The van der Waals surface area contributed by atoms with Gasteiger partial charge in [0.2, 0.25) is 5.75 Å². The summed E-state index contributed by atoms with van der Waals surface area (Å²) in [6.45, 7) is 3.00. The van der Waals surface area contributed by atoms with E-state index in [0.717, 1.165) is 36.3 Å². The van der Waals surface area contributed by atoms with Gasteiger partial charge in [-0.1, -0.05) is 0 Å². The van der Waals surface area contributed by atoms with Crippen LogP contribution in [-0.4, -0.2) is 44.5 Å². The van der Waals surface area contributed by atoms with E-state index in [2.05, 4.69) is 17.9 Å². The minimum Gasteiger partial charge on any atom is -0.504 e. The molecule has 0 bridgehead atoms. The van der Waals surface area contributed by atoms with Crippen molar-refractivity contribution in [2.75, 3.05) is 28.4 Å². The lowest BCUT2D eigenvalue weighted by atomic mass is 9.81. The zero-order valence-electron chi connectivity index (χ0n) is 17.0. The molecule has 6 heteroatoms. The molecule has 2 atom stereocenters. The molecule has 0 saturated heterocycles. The van der Waals surface area contributed by atoms with Gasteiger partial charge in [-0.3, -0.25) is 4.90 Å². The van der Waals surface area contributed by atoms with Gasteiger partial charge in [0.15, 0.2) is 23.0 Å². The third kappa shape index (κ3) is 2.75. The number of hydrogen-bond donors (Lipinski definition) is 1. The lowest BCUT2D eigenvalue weighted by molar-refractivity contribution is 0.103. The number of benzene rings is 2. The molecule has 1 N–H and O–H groups in total. The third-order valence-electron chi connectivity index (χ3n) is 6.06. The highest BCUT2D eigenvalue weighted by molar-refractivity contribution is 5.60. The first-order chi connectivity index (χ1) is 13.5. The topological polar surface area (TPSA) is 60.4 Å². The molecule has 2 aliphatic rings. The minimum absolute atomic E-state index is 0.186. The van der Waals surface area contributed by atoms with Gasteiger partial charge in [0, 0.05) is 24.2 Å². The molecule has 2 aromatic rings. The molecule has 1 unspecified atom stereocenters. The minimum atomic E-state index is 0.186. The smallest absolute Gasteiger partial charge is 0.203 e. The number of phenols is 1. The van der Waals surface area contributed by atoms with Crippen molar-refractivity contribution in [2.45, 2.75) is 38.4 Å². The number of phenolic OH excluding ortho intramolecular Hbond substituents is 1. The van der Waals surface area contributed by atoms with Gasteiger partial charge in [0.1, 0.15) is 0 Å². The molecule has 0 radical (unpaired) electrons. The largest absolute Gasteiger partial charge is 0.504 e. The van der Waals surface area contributed by atoms with Gasteiger partial charge in [0.25, 0.3) is 0 Å². The Bertz CT molecular complexity index is 911. The van der Waals surface area contributed by atoms with E-state index < -0.39 is 0 Å². The molecular formula is C22H27NO5. The molecule has 6 nitrogen and oxygen atoms in total. The summed E-state index contributed by atoms with van der Waals surface area (Å²) in [4.78, 5) is 2.48. The summed E-state index contributed by atoms with van der Waals surface area (Å²) < 4.78 is 22.2. The number of hydrogen-bond acceptors (Lipinski definition) is 6. The summed E-state index contributed by atoms with van der Waals surface area (Å²) in [5, 5.41) is 10.4. The van der Waals surface area contributed by atoms with Crippen LogP contribution in [0.5, 0.6) is 28.7 Å². The van der Waals surface area contributed by atoms with E-state index in [1.54, 1.807) is 28.4 Å². The summed E-state index contributed by atoms with van der Waals surface area (Å²) in [5.41, 5.74) is 4.73. The summed E-state index contributed by atoms with van der Waals surface area (Å²) in [5.74, 6) is 2.77. The van der Waals surface area contributed by atoms with E-state index in [-0.39, 0.29) is 11.8 Å². The van der Waals surface area contributed by atoms with Crippen molar-refractivity contribution < 1.29 is 24.1 Å². The number of methoxy groups -OCH3 is 4. The third-order valence-corrected chi connectivity index (χ3v) is 6.06. The summed E-state index contributed by atoms with van der Waals surface area (Å²) in [6.07, 6.45) is 1.72. The van der Waals surface area contributed by atoms with Gasteiger partial charge in [0.05, 0.1) is 28.4 Å². The van der Waals surface area contributed by atoms with Crippen LogP contribution in [0.3, 0.4) is 0 Å². The van der Waals surface area contributed by atoms with E-state index in [1.807, 2.05) is 12.1 Å². The molecule has 0 aromatic heterocycles. The standard InChI is InChI=1S/C22H27NO5/c1-12-6-13-8-19(25-2)18(24)10-15(13)17-7-14-9-20(26-3)22(28-5)21(27-4)16(14)11-23(12)17/h8-10,12,17,24H,6-7,11H2,1-5H3/t12-,17?/m0/s1. The monoisotopic (exact) mass is 385 g/mol. The van der Waals surface area contributed by atoms with Gasteiger partial charge in [-0.25, -0.2) is 0 Å². The van der Waals surface area contributed by atoms with Gasteiger partial charge in [-0.15, -0.1) is 0 Å². The van der Waals surface area contributed by atoms with Crippen LogP contribution in [0.15, 0.2) is 18.2 Å². The molecule has 0 spiro atoms. The van der Waals surface area contributed by atoms with Crippen molar-refractivity contribution in [1.82, 2.24) is 4.90 Å². The molecule has 150 valence electrons. The maximum absolute atomic E-state index is 10.4. The average molecular weight is 385 g/mol. The molecule has 28 heavy (non-hydrogen) atoms. The fourth-order valence-corrected chi connectivity index (χ4v) is 4.70. The van der Waals surface area contributed by atoms with Crippen molar-refractivity contribution in [3.63, 3.8) is 0 Å². The Hall–Kier alpha value is -2.60. The molecule has 2 heterocycles. The van der Waals surface area contributed by atoms with E-state index in [4.69, 9.17) is 18.9 Å². The lowest BCUT2D eigenvalue weighted by Gasteiger charge is -2.45. The van der Waals surface area contributed by atoms with Gasteiger partial charge in [-0.05, 0) is 54.7 Å². The van der Waals surface area contributed by atoms with Gasteiger partial charge >= 0.3 is 0 Å². The Kier molecular flexibility index (Phi) is 4.75. The maximum Gasteiger partial charge on any atom is 0.203 e. The number of nitrogens with zero attached hydrogens (tertiary/aromatic N) is 1. The highest BCUT2D eigenvalue weighted by Crippen LogP contribution is 2.49. The van der Waals surface area contributed by atoms with E-state index >= 15 is 0 Å². The van der Waals surface area contributed by atoms with Crippen LogP contribution in [0, 0.1) is 0 Å². The SMILES string of the molecule is COc1cc2c(cc1O)C1Cc3cc(OC)c(OC)c(OC)c3CN1[C@@H](C)C2. The van der Waals surface area contributed by atoms with E-state index in [9.17, 15) is 5.11 Å². The Balaban J connectivity index is 1.84. The van der Waals surface area contributed by atoms with Crippen LogP contribution in [0.25, 0.3) is 0 Å². The molecule has 2 aromatic carbocycles. The first-order valence-electron chi connectivity index (χ1n) is 9.48. The van der Waals surface area contributed by atoms with Crippen molar-refractivity contribution in [3.8, 4) is 28.7 Å². The zero-order valence-corrected chi connectivity index (χ0v) is 17.0. The average Bonchev–Trinajstić information content (AvgIpc) is 2.71. The van der Waals surface area contributed by atoms with Gasteiger partial charge in [-0.2, -0.15) is 0 Å². The second kappa shape index (κ2) is 7.09. The van der Waals surface area contributed by atoms with Crippen LogP contribution >= 0.6 is 0 Å². The second-order valence-electron chi connectivity index (χ2n) is 7.45. The van der Waals surface area contributed by atoms with Crippen molar-refractivity contribution in [1.29, 1.82) is 0 Å². The second-order valence-corrected chi connectivity index (χ2v) is 7.45. The number of fused-ring (bicyclic) bond motifs is 4. The fraction of sp³-hybridized carbons (Fsp3) is 0.455. The Morgan fingerprint density at radius 2 is 1.54 bits per heavy atom. The predicted molar refractivity (Wildman–Crippen MR) is 106 cm³/mol. The molecule has 0 aliphatic carbocycles. The molecule has 0 fully saturated rings. The summed E-state index contributed by atoms with van der Waals surface area (Å²) in [6, 6.07) is 6.43. The summed E-state index contributed by atoms with van der Waals surface area (Å²) in [7, 11) is 6.53. The molecule has 4 rings (SSSR count). The van der Waals surface area contributed by atoms with Gasteiger partial charge < -0.3 is 24.1 Å². The molecule has 2 aliphatic heterocycles. The lowest BCUT2D eigenvalue weighted by Crippen LogP contribution is -2.45. The quantitative estimate of drug-likeness (QED) is 0.870. The number of ether oxygens (including phenoxy) is 4. The first-order valence-corrected chi connectivity index (χ1v) is 9.48. The van der Waals surface area contributed by atoms with Crippen LogP contribution in [0.2, 0.25) is 0 Å². The summed E-state index contributed by atoms with van der Waals surface area (Å²) >= 11 is 0. The highest BCUT2D eigenvalue weighted by Gasteiger charge is 2.38. The molecule has 0 amide bonds. The Morgan fingerprint density at radius 3 is 2.18 bits per heavy atom. The van der Waals surface area contributed by atoms with E-state index in [0.29, 0.717) is 23.3 Å². The highest BCUT2D eigenvalue weighted by atomic mass is 16.5. The van der Waals surface area contributed by atoms with Crippen molar-refractivity contribution in [3.05, 3.63) is 40.5 Å². The Morgan fingerprint density at radius 1 is 0.857 bits per heavy atom. The zero-order chi connectivity index (χ0) is 20.0. The van der Waals surface area contributed by atoms with Crippen molar-refractivity contribution in [2.24, 2.45) is 0 Å². The molecule has 0 saturated carbocycles. The number of rotatable bonds is 4. The van der Waals surface area contributed by atoms with Crippen LogP contribution in [0.1, 0.15) is 35.2 Å². The fourth-order valence-electron chi connectivity index (χ4n) is 4.70. The van der Waals surface area contributed by atoms with E-state index in [1.165, 1.54) is 11.1 Å².